The molecule has 1 N–H and O–H groups in total. The van der Waals surface area contributed by atoms with Gasteiger partial charge in [-0.1, -0.05) is 96.3 Å². The molecule has 0 aliphatic rings. The minimum absolute atomic E-state index is 0.147. The first-order valence-electron chi connectivity index (χ1n) is 13.5. The molecule has 3 atom stereocenters. The standard InChI is InChI=1S/C27H47O7PS/c1-3-5-7-9-10-11-12-16-20-31-25(22-32-24-18-14-13-15-19-24)23-33-27(29,35-30)26(28)34-36-21-17-8-6-4-2/h13-15,18-19,25,29H,3-12,16-17,20-23,35H2,1-2H3. The first-order chi connectivity index (χ1) is 17.6. The molecular weight excluding hydrogens is 499 g/mol. The molecule has 3 unspecified atom stereocenters. The monoisotopic (exact) mass is 546 g/mol. The van der Waals surface area contributed by atoms with Gasteiger partial charge in [-0.05, 0) is 25.0 Å². The van der Waals surface area contributed by atoms with E-state index in [-0.39, 0.29) is 13.2 Å². The van der Waals surface area contributed by atoms with E-state index in [1.165, 1.54) is 38.5 Å². The van der Waals surface area contributed by atoms with Crippen LogP contribution in [0.15, 0.2) is 30.3 Å². The molecule has 0 aromatic heterocycles. The first-order valence-corrected chi connectivity index (χ1v) is 15.5. The number of unbranched alkanes of at least 4 members (excludes halogenated alkanes) is 10. The lowest BCUT2D eigenvalue weighted by Gasteiger charge is -2.24. The van der Waals surface area contributed by atoms with Gasteiger partial charge in [0.15, 0.2) is 0 Å². The summed E-state index contributed by atoms with van der Waals surface area (Å²) in [7, 11) is -1.97. The van der Waals surface area contributed by atoms with Crippen molar-refractivity contribution >= 4 is 26.5 Å². The number of rotatable bonds is 24. The number of ether oxygens (including phenoxy) is 3. The molecule has 0 aliphatic carbocycles. The average molecular weight is 547 g/mol. The van der Waals surface area contributed by atoms with Crippen molar-refractivity contribution in [3.05, 3.63) is 30.3 Å². The van der Waals surface area contributed by atoms with Gasteiger partial charge in [-0.3, -0.25) is 0 Å². The zero-order valence-corrected chi connectivity index (χ0v) is 24.1. The van der Waals surface area contributed by atoms with Crippen LogP contribution in [0.25, 0.3) is 0 Å². The van der Waals surface area contributed by atoms with E-state index in [9.17, 15) is 14.5 Å². The van der Waals surface area contributed by atoms with Crippen LogP contribution in [0.2, 0.25) is 0 Å². The molecule has 0 aliphatic heterocycles. The lowest BCUT2D eigenvalue weighted by molar-refractivity contribution is -0.194. The molecule has 0 bridgehead atoms. The number of hydrogen-bond donors (Lipinski definition) is 1. The second-order valence-electron chi connectivity index (χ2n) is 8.97. The Morgan fingerprint density at radius 2 is 1.53 bits per heavy atom. The van der Waals surface area contributed by atoms with E-state index in [4.69, 9.17) is 18.4 Å². The summed E-state index contributed by atoms with van der Waals surface area (Å²) in [6.07, 6.45) is 13.2. The molecule has 0 saturated heterocycles. The topological polar surface area (TPSA) is 91.3 Å². The summed E-state index contributed by atoms with van der Waals surface area (Å²) in [5, 5.41) is 10.5. The normalized spacial score (nSPS) is 14.1. The van der Waals surface area contributed by atoms with Gasteiger partial charge in [-0.15, -0.1) is 0 Å². The molecule has 1 aromatic carbocycles. The summed E-state index contributed by atoms with van der Waals surface area (Å²) in [5.41, 5.74) is -2.47. The van der Waals surface area contributed by atoms with E-state index in [0.717, 1.165) is 50.6 Å². The lowest BCUT2D eigenvalue weighted by atomic mass is 10.1. The molecule has 1 aromatic rings. The summed E-state index contributed by atoms with van der Waals surface area (Å²) >= 11 is 0.952. The molecule has 0 radical (unpaired) electrons. The largest absolute Gasteiger partial charge is 0.491 e. The van der Waals surface area contributed by atoms with Gasteiger partial charge in [-0.25, -0.2) is 4.79 Å². The van der Waals surface area contributed by atoms with Crippen molar-refractivity contribution in [3.8, 4) is 5.75 Å². The Kier molecular flexibility index (Phi) is 20.1. The van der Waals surface area contributed by atoms with Crippen LogP contribution in [-0.4, -0.2) is 48.3 Å². The molecule has 7 nitrogen and oxygen atoms in total. The third-order valence-electron chi connectivity index (χ3n) is 5.69. The van der Waals surface area contributed by atoms with Crippen LogP contribution in [-0.2, 0) is 23.0 Å². The minimum atomic E-state index is -2.47. The molecule has 0 heterocycles. The summed E-state index contributed by atoms with van der Waals surface area (Å²) in [6, 6.07) is 9.32. The number of carbonyl (C=O) groups is 1. The third-order valence-corrected chi connectivity index (χ3v) is 7.13. The summed E-state index contributed by atoms with van der Waals surface area (Å²) in [5.74, 6) is 0.256. The predicted molar refractivity (Wildman–Crippen MR) is 148 cm³/mol. The Hall–Kier alpha value is -1.05. The highest BCUT2D eigenvalue weighted by Gasteiger charge is 2.39. The molecule has 0 amide bonds. The Labute approximate surface area is 223 Å². The summed E-state index contributed by atoms with van der Waals surface area (Å²) < 4.78 is 33.9. The lowest BCUT2D eigenvalue weighted by Crippen LogP contribution is -2.40. The maximum absolute atomic E-state index is 12.3. The molecule has 9 heteroatoms. The minimum Gasteiger partial charge on any atom is -0.491 e. The number of hydrogen-bond acceptors (Lipinski definition) is 8. The fraction of sp³-hybridized carbons (Fsp3) is 0.741. The second-order valence-corrected chi connectivity index (χ2v) is 10.8. The van der Waals surface area contributed by atoms with Gasteiger partial charge in [0.1, 0.15) is 26.9 Å². The van der Waals surface area contributed by atoms with E-state index >= 15 is 0 Å². The molecular formula is C27H47O7PS. The van der Waals surface area contributed by atoms with Gasteiger partial charge in [-0.2, -0.15) is 0 Å². The fourth-order valence-corrected chi connectivity index (χ4v) is 4.48. The first kappa shape index (κ1) is 33.0. The van der Waals surface area contributed by atoms with Crippen LogP contribution < -0.4 is 4.74 Å². The average Bonchev–Trinajstić information content (AvgIpc) is 2.90. The van der Waals surface area contributed by atoms with Crippen molar-refractivity contribution in [2.24, 2.45) is 0 Å². The molecule has 0 saturated carbocycles. The Morgan fingerprint density at radius 3 is 2.17 bits per heavy atom. The van der Waals surface area contributed by atoms with Gasteiger partial charge in [0, 0.05) is 12.4 Å². The third kappa shape index (κ3) is 15.9. The van der Waals surface area contributed by atoms with E-state index in [1.807, 2.05) is 30.3 Å². The zero-order valence-electron chi connectivity index (χ0n) is 22.2. The summed E-state index contributed by atoms with van der Waals surface area (Å²) in [6.45, 7) is 4.88. The van der Waals surface area contributed by atoms with Crippen LogP contribution in [0.5, 0.6) is 5.75 Å². The zero-order chi connectivity index (χ0) is 26.3. The van der Waals surface area contributed by atoms with Crippen LogP contribution in [0.3, 0.4) is 0 Å². The smallest absolute Gasteiger partial charge is 0.386 e. The number of para-hydroxylation sites is 1. The molecule has 0 spiro atoms. The van der Waals surface area contributed by atoms with Crippen molar-refractivity contribution < 1.29 is 32.9 Å². The quantitative estimate of drug-likeness (QED) is 0.0656. The van der Waals surface area contributed by atoms with Crippen LogP contribution in [0, 0.1) is 0 Å². The molecule has 36 heavy (non-hydrogen) atoms. The highest BCUT2D eigenvalue weighted by atomic mass is 32.2. The van der Waals surface area contributed by atoms with E-state index in [0.29, 0.717) is 18.1 Å². The Morgan fingerprint density at radius 1 is 0.917 bits per heavy atom. The van der Waals surface area contributed by atoms with Crippen molar-refractivity contribution in [1.29, 1.82) is 0 Å². The van der Waals surface area contributed by atoms with Crippen molar-refractivity contribution in [3.63, 3.8) is 0 Å². The highest BCUT2D eigenvalue weighted by Crippen LogP contribution is 2.26. The number of benzene rings is 1. The van der Waals surface area contributed by atoms with Crippen LogP contribution in [0.4, 0.5) is 0 Å². The van der Waals surface area contributed by atoms with Gasteiger partial charge in [0.2, 0.25) is 0 Å². The maximum Gasteiger partial charge on any atom is 0.386 e. The van der Waals surface area contributed by atoms with Crippen molar-refractivity contribution in [2.75, 3.05) is 25.6 Å². The summed E-state index contributed by atoms with van der Waals surface area (Å²) in [4.78, 5) is 12.3. The SMILES string of the molecule is CCCCCCCCCCOC(COc1ccccc1)COC(O)([PH2]=O)C(=O)OSCCCCCC. The maximum atomic E-state index is 12.3. The van der Waals surface area contributed by atoms with Gasteiger partial charge < -0.3 is 28.1 Å². The van der Waals surface area contributed by atoms with Crippen LogP contribution in [0.1, 0.15) is 90.9 Å². The van der Waals surface area contributed by atoms with Crippen molar-refractivity contribution in [2.45, 2.75) is 103 Å². The van der Waals surface area contributed by atoms with Crippen LogP contribution >= 0.6 is 20.5 Å². The van der Waals surface area contributed by atoms with Crippen molar-refractivity contribution in [1.82, 2.24) is 0 Å². The number of aliphatic hydroxyl groups is 1. The Bertz CT molecular complexity index is 679. The van der Waals surface area contributed by atoms with E-state index in [1.54, 1.807) is 0 Å². The fourth-order valence-electron chi connectivity index (χ4n) is 3.44. The van der Waals surface area contributed by atoms with Gasteiger partial charge in [0.05, 0.1) is 18.6 Å². The second kappa shape index (κ2) is 22.0. The molecule has 0 fully saturated rings. The molecule has 1 rings (SSSR count). The predicted octanol–water partition coefficient (Wildman–Crippen LogP) is 6.78. The van der Waals surface area contributed by atoms with Gasteiger partial charge in [0.25, 0.3) is 0 Å². The van der Waals surface area contributed by atoms with E-state index < -0.39 is 26.1 Å². The Balaban J connectivity index is 2.48. The van der Waals surface area contributed by atoms with E-state index in [2.05, 4.69) is 13.8 Å². The number of carbonyl (C=O) groups excluding carboxylic acids is 1. The molecule has 208 valence electrons. The highest BCUT2D eigenvalue weighted by molar-refractivity contribution is 7.95. The van der Waals surface area contributed by atoms with Gasteiger partial charge >= 0.3 is 11.5 Å².